The molecule has 2 aromatic carbocycles. The van der Waals surface area contributed by atoms with Crippen LogP contribution < -0.4 is 20.7 Å². The molecule has 3 N–H and O–H groups in total. The number of urea groups is 1. The molecule has 150 valence electrons. The quantitative estimate of drug-likeness (QED) is 0.538. The lowest BCUT2D eigenvalue weighted by atomic mass is 10.1. The summed E-state index contributed by atoms with van der Waals surface area (Å²) in [5, 5.41) is 9.15. The minimum absolute atomic E-state index is 0.129. The zero-order valence-electron chi connectivity index (χ0n) is 16.1. The third kappa shape index (κ3) is 7.88. The van der Waals surface area contributed by atoms with Crippen molar-refractivity contribution in [2.45, 2.75) is 32.7 Å². The maximum Gasteiger partial charge on any atom is 0.315 e. The Balaban J connectivity index is 1.64. The van der Waals surface area contributed by atoms with Crippen molar-refractivity contribution in [3.8, 4) is 5.75 Å². The first kappa shape index (κ1) is 21.6. The number of nitrogens with one attached hydrogen (secondary N) is 3. The smallest absolute Gasteiger partial charge is 0.315 e. The standard InChI is InChI=1S/C21H26ClN3O3/c1-15(17-6-5-7-19(14-17)25-16(2)26)24-21(27)23-12-3-4-13-28-20-10-8-18(22)9-11-20/h5-11,14-15H,3-4,12-13H2,1-2H3,(H,25,26)(H2,23,24,27)/t15-/m0/s1. The average molecular weight is 404 g/mol. The molecule has 28 heavy (non-hydrogen) atoms. The summed E-state index contributed by atoms with van der Waals surface area (Å²) in [6, 6.07) is 14.2. The topological polar surface area (TPSA) is 79.5 Å². The van der Waals surface area contributed by atoms with Gasteiger partial charge >= 0.3 is 6.03 Å². The molecular weight excluding hydrogens is 378 g/mol. The van der Waals surface area contributed by atoms with Crippen LogP contribution in [0.3, 0.4) is 0 Å². The van der Waals surface area contributed by atoms with Crippen LogP contribution in [0.1, 0.15) is 38.3 Å². The van der Waals surface area contributed by atoms with E-state index in [1.807, 2.05) is 43.3 Å². The second-order valence-electron chi connectivity index (χ2n) is 6.44. The number of hydrogen-bond donors (Lipinski definition) is 3. The van der Waals surface area contributed by atoms with Crippen LogP contribution in [0, 0.1) is 0 Å². The molecule has 2 aromatic rings. The summed E-state index contributed by atoms with van der Waals surface area (Å²) in [5.41, 5.74) is 1.62. The maximum atomic E-state index is 12.0. The van der Waals surface area contributed by atoms with Gasteiger partial charge in [0.1, 0.15) is 5.75 Å². The Morgan fingerprint density at radius 1 is 1.11 bits per heavy atom. The van der Waals surface area contributed by atoms with E-state index in [9.17, 15) is 9.59 Å². The minimum atomic E-state index is -0.226. The van der Waals surface area contributed by atoms with Crippen molar-refractivity contribution in [2.24, 2.45) is 0 Å². The predicted molar refractivity (Wildman–Crippen MR) is 112 cm³/mol. The van der Waals surface area contributed by atoms with Gasteiger partial charge in [-0.15, -0.1) is 0 Å². The SMILES string of the molecule is CC(=O)Nc1cccc([C@H](C)NC(=O)NCCCCOc2ccc(Cl)cc2)c1. The van der Waals surface area contributed by atoms with E-state index in [1.165, 1.54) is 6.92 Å². The molecule has 0 radical (unpaired) electrons. The van der Waals surface area contributed by atoms with Crippen LogP contribution in [0.4, 0.5) is 10.5 Å². The number of benzene rings is 2. The summed E-state index contributed by atoms with van der Waals surface area (Å²) < 4.78 is 5.61. The van der Waals surface area contributed by atoms with Gasteiger partial charge in [0, 0.05) is 24.2 Å². The van der Waals surface area contributed by atoms with Crippen LogP contribution in [0.15, 0.2) is 48.5 Å². The number of amides is 3. The third-order valence-corrected chi connectivity index (χ3v) is 4.25. The molecule has 0 bridgehead atoms. The zero-order valence-corrected chi connectivity index (χ0v) is 16.9. The molecule has 0 aliphatic carbocycles. The first-order chi connectivity index (χ1) is 13.4. The molecule has 2 rings (SSSR count). The van der Waals surface area contributed by atoms with Gasteiger partial charge in [-0.3, -0.25) is 4.79 Å². The van der Waals surface area contributed by atoms with Gasteiger partial charge in [0.25, 0.3) is 0 Å². The fraction of sp³-hybridized carbons (Fsp3) is 0.333. The number of carbonyl (C=O) groups is 2. The number of anilines is 1. The lowest BCUT2D eigenvalue weighted by Gasteiger charge is -2.16. The highest BCUT2D eigenvalue weighted by Crippen LogP contribution is 2.17. The Hall–Kier alpha value is -2.73. The van der Waals surface area contributed by atoms with E-state index < -0.39 is 0 Å². The third-order valence-electron chi connectivity index (χ3n) is 3.99. The highest BCUT2D eigenvalue weighted by atomic mass is 35.5. The summed E-state index contributed by atoms with van der Waals surface area (Å²) in [6.07, 6.45) is 1.64. The van der Waals surface area contributed by atoms with Gasteiger partial charge in [-0.1, -0.05) is 23.7 Å². The number of unbranched alkanes of at least 4 members (excludes halogenated alkanes) is 1. The fourth-order valence-electron chi connectivity index (χ4n) is 2.57. The van der Waals surface area contributed by atoms with Crippen molar-refractivity contribution in [3.05, 3.63) is 59.1 Å². The van der Waals surface area contributed by atoms with Gasteiger partial charge in [-0.05, 0) is 61.7 Å². The molecule has 0 unspecified atom stereocenters. The number of halogens is 1. The van der Waals surface area contributed by atoms with E-state index >= 15 is 0 Å². The van der Waals surface area contributed by atoms with Crippen LogP contribution >= 0.6 is 11.6 Å². The summed E-state index contributed by atoms with van der Waals surface area (Å²) in [5.74, 6) is 0.654. The van der Waals surface area contributed by atoms with E-state index in [-0.39, 0.29) is 18.0 Å². The number of rotatable bonds is 9. The van der Waals surface area contributed by atoms with E-state index in [0.29, 0.717) is 23.9 Å². The highest BCUT2D eigenvalue weighted by molar-refractivity contribution is 6.30. The largest absolute Gasteiger partial charge is 0.494 e. The van der Waals surface area contributed by atoms with Crippen LogP contribution in [-0.2, 0) is 4.79 Å². The van der Waals surface area contributed by atoms with Gasteiger partial charge in [-0.2, -0.15) is 0 Å². The Morgan fingerprint density at radius 2 is 1.86 bits per heavy atom. The first-order valence-corrected chi connectivity index (χ1v) is 9.62. The Morgan fingerprint density at radius 3 is 2.57 bits per heavy atom. The summed E-state index contributed by atoms with van der Waals surface area (Å²) in [6.45, 7) is 4.50. The first-order valence-electron chi connectivity index (χ1n) is 9.24. The number of hydrogen-bond acceptors (Lipinski definition) is 3. The summed E-state index contributed by atoms with van der Waals surface area (Å²) in [4.78, 5) is 23.2. The molecule has 7 heteroatoms. The molecular formula is C21H26ClN3O3. The minimum Gasteiger partial charge on any atom is -0.494 e. The van der Waals surface area contributed by atoms with Gasteiger partial charge in [0.15, 0.2) is 0 Å². The van der Waals surface area contributed by atoms with E-state index in [2.05, 4.69) is 16.0 Å². The van der Waals surface area contributed by atoms with E-state index in [0.717, 1.165) is 24.2 Å². The van der Waals surface area contributed by atoms with Crippen molar-refractivity contribution in [2.75, 3.05) is 18.5 Å². The lowest BCUT2D eigenvalue weighted by molar-refractivity contribution is -0.114. The summed E-state index contributed by atoms with van der Waals surface area (Å²) >= 11 is 5.83. The highest BCUT2D eigenvalue weighted by Gasteiger charge is 2.10. The predicted octanol–water partition coefficient (Wildman–Crippen LogP) is 4.52. The molecule has 0 aliphatic rings. The molecule has 0 heterocycles. The molecule has 1 atom stereocenters. The van der Waals surface area contributed by atoms with Crippen molar-refractivity contribution in [1.29, 1.82) is 0 Å². The molecule has 0 aliphatic heterocycles. The maximum absolute atomic E-state index is 12.0. The van der Waals surface area contributed by atoms with Crippen molar-refractivity contribution in [3.63, 3.8) is 0 Å². The van der Waals surface area contributed by atoms with Gasteiger partial charge < -0.3 is 20.7 Å². The Labute approximate surface area is 170 Å². The number of ether oxygens (including phenoxy) is 1. The number of carbonyl (C=O) groups excluding carboxylic acids is 2. The molecule has 3 amide bonds. The lowest BCUT2D eigenvalue weighted by Crippen LogP contribution is -2.37. The molecule has 0 spiro atoms. The van der Waals surface area contributed by atoms with Gasteiger partial charge in [0.2, 0.25) is 5.91 Å². The second kappa shape index (κ2) is 11.2. The molecule has 0 saturated carbocycles. The van der Waals surface area contributed by atoms with E-state index in [1.54, 1.807) is 12.1 Å². The van der Waals surface area contributed by atoms with Crippen molar-refractivity contribution in [1.82, 2.24) is 10.6 Å². The zero-order chi connectivity index (χ0) is 20.4. The van der Waals surface area contributed by atoms with Crippen LogP contribution in [0.25, 0.3) is 0 Å². The van der Waals surface area contributed by atoms with Crippen molar-refractivity contribution < 1.29 is 14.3 Å². The van der Waals surface area contributed by atoms with E-state index in [4.69, 9.17) is 16.3 Å². The summed E-state index contributed by atoms with van der Waals surface area (Å²) in [7, 11) is 0. The van der Waals surface area contributed by atoms with Crippen molar-refractivity contribution >= 4 is 29.2 Å². The fourth-order valence-corrected chi connectivity index (χ4v) is 2.70. The van der Waals surface area contributed by atoms with Crippen LogP contribution in [0.5, 0.6) is 5.75 Å². The van der Waals surface area contributed by atoms with Gasteiger partial charge in [0.05, 0.1) is 12.6 Å². The Kier molecular flexibility index (Phi) is 8.62. The molecule has 0 saturated heterocycles. The normalized spacial score (nSPS) is 11.4. The van der Waals surface area contributed by atoms with Crippen LogP contribution in [-0.4, -0.2) is 25.1 Å². The molecule has 0 aromatic heterocycles. The van der Waals surface area contributed by atoms with Gasteiger partial charge in [-0.25, -0.2) is 4.79 Å². The monoisotopic (exact) mass is 403 g/mol. The second-order valence-corrected chi connectivity index (χ2v) is 6.87. The molecule has 0 fully saturated rings. The Bertz CT molecular complexity index is 781. The average Bonchev–Trinajstić information content (AvgIpc) is 2.65. The van der Waals surface area contributed by atoms with Crippen LogP contribution in [0.2, 0.25) is 5.02 Å². The molecule has 6 nitrogen and oxygen atoms in total.